The Hall–Kier alpha value is -2.05. The number of H-pyrrole nitrogens is 1. The predicted molar refractivity (Wildman–Crippen MR) is 69.7 cm³/mol. The smallest absolute Gasteiger partial charge is 0.326 e. The number of aromatic nitrogens is 2. The monoisotopic (exact) mass is 268 g/mol. The summed E-state index contributed by atoms with van der Waals surface area (Å²) in [5.74, 6) is -0.278. The van der Waals surface area contributed by atoms with Crippen molar-refractivity contribution < 1.29 is 14.7 Å². The summed E-state index contributed by atoms with van der Waals surface area (Å²) < 4.78 is 0. The highest BCUT2D eigenvalue weighted by atomic mass is 16.4. The lowest BCUT2D eigenvalue weighted by Gasteiger charge is -2.27. The molecule has 0 bridgehead atoms. The number of imidazole rings is 1. The molecule has 0 saturated heterocycles. The topological polar surface area (TPSA) is 107 Å². The van der Waals surface area contributed by atoms with Gasteiger partial charge in [-0.2, -0.15) is 0 Å². The Labute approximate surface area is 111 Å². The van der Waals surface area contributed by atoms with Gasteiger partial charge in [-0.05, 0) is 5.41 Å². The van der Waals surface area contributed by atoms with Crippen molar-refractivity contribution in [2.45, 2.75) is 33.2 Å². The molecule has 0 aromatic carbocycles. The van der Waals surface area contributed by atoms with Crippen molar-refractivity contribution in [3.63, 3.8) is 0 Å². The fraction of sp³-hybridized carbons (Fsp3) is 0.583. The molecule has 0 radical (unpaired) electrons. The minimum Gasteiger partial charge on any atom is -0.480 e. The first-order valence-electron chi connectivity index (χ1n) is 6.06. The second-order valence-electron chi connectivity index (χ2n) is 5.32. The molecule has 7 nitrogen and oxygen atoms in total. The van der Waals surface area contributed by atoms with Crippen molar-refractivity contribution in [1.29, 1.82) is 0 Å². The number of hydrogen-bond acceptors (Lipinski definition) is 3. The van der Waals surface area contributed by atoms with E-state index in [1.54, 1.807) is 33.2 Å². The molecule has 19 heavy (non-hydrogen) atoms. The van der Waals surface area contributed by atoms with Crippen LogP contribution in [0.1, 0.15) is 26.6 Å². The van der Waals surface area contributed by atoms with E-state index in [-0.39, 0.29) is 0 Å². The molecule has 1 aromatic rings. The first-order chi connectivity index (χ1) is 8.80. The molecule has 1 rings (SSSR count). The van der Waals surface area contributed by atoms with Crippen LogP contribution in [-0.4, -0.2) is 39.7 Å². The molecule has 0 aliphatic rings. The van der Waals surface area contributed by atoms with E-state index in [1.807, 2.05) is 0 Å². The zero-order valence-electron chi connectivity index (χ0n) is 11.4. The van der Waals surface area contributed by atoms with Gasteiger partial charge in [0.05, 0.1) is 0 Å². The van der Waals surface area contributed by atoms with Gasteiger partial charge in [0.25, 0.3) is 0 Å². The molecule has 1 aromatic heterocycles. The SMILES string of the molecule is CC(C)(C)C(NC(=O)NCCc1ncc[nH]1)C(=O)O. The van der Waals surface area contributed by atoms with Crippen LogP contribution >= 0.6 is 0 Å². The molecule has 1 atom stereocenters. The molecule has 0 fully saturated rings. The minimum absolute atomic E-state index is 0.385. The van der Waals surface area contributed by atoms with Crippen LogP contribution in [0.5, 0.6) is 0 Å². The molecule has 4 N–H and O–H groups in total. The molecule has 0 aliphatic heterocycles. The maximum absolute atomic E-state index is 11.6. The van der Waals surface area contributed by atoms with Crippen molar-refractivity contribution in [2.75, 3.05) is 6.54 Å². The summed E-state index contributed by atoms with van der Waals surface area (Å²) in [6, 6.07) is -1.43. The van der Waals surface area contributed by atoms with Gasteiger partial charge < -0.3 is 20.7 Å². The van der Waals surface area contributed by atoms with Gasteiger partial charge in [-0.15, -0.1) is 0 Å². The fourth-order valence-corrected chi connectivity index (χ4v) is 1.56. The number of carboxylic acid groups (broad SMARTS) is 1. The van der Waals surface area contributed by atoms with Crippen LogP contribution in [-0.2, 0) is 11.2 Å². The van der Waals surface area contributed by atoms with Gasteiger partial charge in [-0.25, -0.2) is 14.6 Å². The second kappa shape index (κ2) is 6.21. The Balaban J connectivity index is 2.39. The van der Waals surface area contributed by atoms with Gasteiger partial charge in [0, 0.05) is 25.4 Å². The molecule has 2 amide bonds. The molecular formula is C12H20N4O3. The molecule has 106 valence electrons. The zero-order valence-corrected chi connectivity index (χ0v) is 11.4. The van der Waals surface area contributed by atoms with Crippen molar-refractivity contribution >= 4 is 12.0 Å². The van der Waals surface area contributed by atoms with E-state index >= 15 is 0 Å². The summed E-state index contributed by atoms with van der Waals surface area (Å²) in [6.07, 6.45) is 3.90. The van der Waals surface area contributed by atoms with Crippen LogP contribution in [0.2, 0.25) is 0 Å². The summed E-state index contributed by atoms with van der Waals surface area (Å²) in [6.45, 7) is 5.66. The van der Waals surface area contributed by atoms with Crippen LogP contribution in [0.3, 0.4) is 0 Å². The van der Waals surface area contributed by atoms with Gasteiger partial charge in [-0.1, -0.05) is 20.8 Å². The molecular weight excluding hydrogens is 248 g/mol. The van der Waals surface area contributed by atoms with Crippen molar-refractivity contribution in [3.05, 3.63) is 18.2 Å². The van der Waals surface area contributed by atoms with E-state index in [4.69, 9.17) is 5.11 Å². The van der Waals surface area contributed by atoms with E-state index in [0.29, 0.717) is 13.0 Å². The van der Waals surface area contributed by atoms with Crippen molar-refractivity contribution in [2.24, 2.45) is 5.41 Å². The number of nitrogens with one attached hydrogen (secondary N) is 3. The quantitative estimate of drug-likeness (QED) is 0.632. The van der Waals surface area contributed by atoms with Gasteiger partial charge in [0.2, 0.25) is 0 Å². The third kappa shape index (κ3) is 4.99. The Kier molecular flexibility index (Phi) is 4.91. The lowest BCUT2D eigenvalue weighted by atomic mass is 9.87. The molecule has 1 unspecified atom stereocenters. The minimum atomic E-state index is -1.05. The molecule has 0 aliphatic carbocycles. The number of hydrogen-bond donors (Lipinski definition) is 4. The summed E-state index contributed by atoms with van der Waals surface area (Å²) in [4.78, 5) is 29.6. The first kappa shape index (κ1) is 15.0. The molecule has 0 spiro atoms. The van der Waals surface area contributed by atoms with Crippen LogP contribution in [0.15, 0.2) is 12.4 Å². The van der Waals surface area contributed by atoms with E-state index in [2.05, 4.69) is 20.6 Å². The lowest BCUT2D eigenvalue weighted by Crippen LogP contribution is -2.52. The fourth-order valence-electron chi connectivity index (χ4n) is 1.56. The van der Waals surface area contributed by atoms with Crippen molar-refractivity contribution in [1.82, 2.24) is 20.6 Å². The zero-order chi connectivity index (χ0) is 14.5. The van der Waals surface area contributed by atoms with E-state index in [0.717, 1.165) is 5.82 Å². The van der Waals surface area contributed by atoms with E-state index < -0.39 is 23.5 Å². The number of carboxylic acids is 1. The summed E-state index contributed by atoms with van der Waals surface area (Å²) in [5.41, 5.74) is -0.551. The average Bonchev–Trinajstić information content (AvgIpc) is 2.77. The first-order valence-corrected chi connectivity index (χ1v) is 6.06. The third-order valence-corrected chi connectivity index (χ3v) is 2.59. The number of aromatic amines is 1. The Bertz CT molecular complexity index is 423. The lowest BCUT2D eigenvalue weighted by molar-refractivity contribution is -0.141. The molecule has 7 heteroatoms. The van der Waals surface area contributed by atoms with Gasteiger partial charge >= 0.3 is 12.0 Å². The highest BCUT2D eigenvalue weighted by molar-refractivity contribution is 5.83. The number of carbonyl (C=O) groups excluding carboxylic acids is 1. The Morgan fingerprint density at radius 3 is 2.63 bits per heavy atom. The van der Waals surface area contributed by atoms with E-state index in [9.17, 15) is 9.59 Å². The van der Waals surface area contributed by atoms with Gasteiger partial charge in [0.1, 0.15) is 11.9 Å². The second-order valence-corrected chi connectivity index (χ2v) is 5.32. The maximum atomic E-state index is 11.6. The maximum Gasteiger partial charge on any atom is 0.326 e. The normalized spacial score (nSPS) is 12.8. The number of urea groups is 1. The number of amides is 2. The summed E-state index contributed by atoms with van der Waals surface area (Å²) >= 11 is 0. The van der Waals surface area contributed by atoms with E-state index in [1.165, 1.54) is 0 Å². The van der Waals surface area contributed by atoms with Crippen LogP contribution in [0, 0.1) is 5.41 Å². The molecule has 0 saturated carbocycles. The van der Waals surface area contributed by atoms with Crippen molar-refractivity contribution in [3.8, 4) is 0 Å². The Morgan fingerprint density at radius 2 is 2.16 bits per heavy atom. The van der Waals surface area contributed by atoms with Gasteiger partial charge in [-0.3, -0.25) is 0 Å². The number of nitrogens with zero attached hydrogens (tertiary/aromatic N) is 1. The standard InChI is InChI=1S/C12H20N4O3/c1-12(2,3)9(10(17)18)16-11(19)15-5-4-8-13-6-7-14-8/h6-7,9H,4-5H2,1-3H3,(H,13,14)(H,17,18)(H2,15,16,19). The van der Waals surface area contributed by atoms with Gasteiger partial charge in [0.15, 0.2) is 0 Å². The highest BCUT2D eigenvalue weighted by Gasteiger charge is 2.32. The third-order valence-electron chi connectivity index (χ3n) is 2.59. The largest absolute Gasteiger partial charge is 0.480 e. The Morgan fingerprint density at radius 1 is 1.47 bits per heavy atom. The van der Waals surface area contributed by atoms with Crippen LogP contribution in [0.4, 0.5) is 4.79 Å². The molecule has 1 heterocycles. The number of rotatable bonds is 5. The summed E-state index contributed by atoms with van der Waals surface area (Å²) in [7, 11) is 0. The number of carbonyl (C=O) groups is 2. The van der Waals surface area contributed by atoms with Crippen LogP contribution in [0.25, 0.3) is 0 Å². The summed E-state index contributed by atoms with van der Waals surface area (Å²) in [5, 5.41) is 14.1. The number of aliphatic carboxylic acids is 1. The average molecular weight is 268 g/mol. The van der Waals surface area contributed by atoms with Crippen LogP contribution < -0.4 is 10.6 Å². The predicted octanol–water partition coefficient (Wildman–Crippen LogP) is 0.751. The highest BCUT2D eigenvalue weighted by Crippen LogP contribution is 2.19.